The third kappa shape index (κ3) is 3.26. The van der Waals surface area contributed by atoms with Crippen LogP contribution in [-0.4, -0.2) is 26.1 Å². The minimum atomic E-state index is 0.0446. The van der Waals surface area contributed by atoms with Crippen molar-refractivity contribution in [3.8, 4) is 5.75 Å². The Bertz CT molecular complexity index is 446. The second-order valence-electron chi connectivity index (χ2n) is 4.76. The Labute approximate surface area is 114 Å². The summed E-state index contributed by atoms with van der Waals surface area (Å²) in [5.41, 5.74) is 2.62. The van der Waals surface area contributed by atoms with E-state index in [1.807, 2.05) is 26.1 Å². The van der Waals surface area contributed by atoms with Gasteiger partial charge >= 0.3 is 0 Å². The molecule has 19 heavy (non-hydrogen) atoms. The Balaban J connectivity index is 1.95. The van der Waals surface area contributed by atoms with Gasteiger partial charge in [0.2, 0.25) is 5.91 Å². The zero-order chi connectivity index (χ0) is 13.7. The Morgan fingerprint density at radius 1 is 1.47 bits per heavy atom. The van der Waals surface area contributed by atoms with Crippen molar-refractivity contribution in [1.82, 2.24) is 10.6 Å². The van der Waals surface area contributed by atoms with E-state index in [0.717, 1.165) is 18.6 Å². The van der Waals surface area contributed by atoms with Crippen LogP contribution in [0.25, 0.3) is 0 Å². The molecule has 0 aliphatic heterocycles. The van der Waals surface area contributed by atoms with E-state index in [4.69, 9.17) is 4.74 Å². The van der Waals surface area contributed by atoms with Gasteiger partial charge in [0.15, 0.2) is 0 Å². The molecular formula is C15H22N2O2. The lowest BCUT2D eigenvalue weighted by molar-refractivity contribution is -0.121. The van der Waals surface area contributed by atoms with Crippen LogP contribution in [0.3, 0.4) is 0 Å². The molecule has 2 rings (SSSR count). The predicted octanol–water partition coefficient (Wildman–Crippen LogP) is 1.80. The Morgan fingerprint density at radius 3 is 3.05 bits per heavy atom. The number of hydrogen-bond donors (Lipinski definition) is 2. The van der Waals surface area contributed by atoms with Crippen LogP contribution in [0.15, 0.2) is 18.2 Å². The molecule has 0 saturated heterocycles. The SMILES string of the molecule is CCNC(=O)CCOc1cccc2c1CCC2NC. The van der Waals surface area contributed by atoms with Gasteiger partial charge < -0.3 is 15.4 Å². The zero-order valence-corrected chi connectivity index (χ0v) is 11.7. The highest BCUT2D eigenvalue weighted by atomic mass is 16.5. The summed E-state index contributed by atoms with van der Waals surface area (Å²) in [5.74, 6) is 0.975. The highest BCUT2D eigenvalue weighted by Crippen LogP contribution is 2.36. The Kier molecular flexibility index (Phi) is 4.80. The van der Waals surface area contributed by atoms with Gasteiger partial charge in [-0.1, -0.05) is 12.1 Å². The number of carbonyl (C=O) groups excluding carboxylic acids is 1. The summed E-state index contributed by atoms with van der Waals surface area (Å²) in [6.07, 6.45) is 2.56. The van der Waals surface area contributed by atoms with E-state index >= 15 is 0 Å². The average Bonchev–Trinajstić information content (AvgIpc) is 2.83. The smallest absolute Gasteiger partial charge is 0.223 e. The molecule has 0 aromatic heterocycles. The lowest BCUT2D eigenvalue weighted by atomic mass is 10.1. The first-order chi connectivity index (χ1) is 9.26. The molecule has 1 aliphatic carbocycles. The first-order valence-corrected chi connectivity index (χ1v) is 6.94. The van der Waals surface area contributed by atoms with Crippen LogP contribution in [0.1, 0.15) is 36.9 Å². The number of ether oxygens (including phenoxy) is 1. The number of hydrogen-bond acceptors (Lipinski definition) is 3. The van der Waals surface area contributed by atoms with Crippen molar-refractivity contribution in [3.63, 3.8) is 0 Å². The average molecular weight is 262 g/mol. The molecule has 0 bridgehead atoms. The number of fused-ring (bicyclic) bond motifs is 1. The summed E-state index contributed by atoms with van der Waals surface area (Å²) >= 11 is 0. The van der Waals surface area contributed by atoms with Crippen molar-refractivity contribution >= 4 is 5.91 Å². The van der Waals surface area contributed by atoms with Crippen LogP contribution in [-0.2, 0) is 11.2 Å². The lowest BCUT2D eigenvalue weighted by Gasteiger charge is -2.13. The first kappa shape index (κ1) is 13.9. The van der Waals surface area contributed by atoms with Gasteiger partial charge in [-0.3, -0.25) is 4.79 Å². The summed E-state index contributed by atoms with van der Waals surface area (Å²) in [4.78, 5) is 11.4. The van der Waals surface area contributed by atoms with Crippen LogP contribution in [0.4, 0.5) is 0 Å². The number of benzene rings is 1. The third-order valence-electron chi connectivity index (χ3n) is 3.54. The molecule has 1 atom stereocenters. The summed E-state index contributed by atoms with van der Waals surface area (Å²) in [6.45, 7) is 3.02. The van der Waals surface area contributed by atoms with Gasteiger partial charge in [0.25, 0.3) is 0 Å². The second kappa shape index (κ2) is 6.57. The van der Waals surface area contributed by atoms with Crippen molar-refractivity contribution < 1.29 is 9.53 Å². The van der Waals surface area contributed by atoms with E-state index in [2.05, 4.69) is 16.7 Å². The molecule has 1 unspecified atom stereocenters. The third-order valence-corrected chi connectivity index (χ3v) is 3.54. The van der Waals surface area contributed by atoms with Crippen LogP contribution in [0.2, 0.25) is 0 Å². The van der Waals surface area contributed by atoms with E-state index < -0.39 is 0 Å². The van der Waals surface area contributed by atoms with Gasteiger partial charge in [-0.2, -0.15) is 0 Å². The topological polar surface area (TPSA) is 50.4 Å². The Hall–Kier alpha value is -1.55. The second-order valence-corrected chi connectivity index (χ2v) is 4.76. The van der Waals surface area contributed by atoms with Crippen molar-refractivity contribution in [2.75, 3.05) is 20.2 Å². The van der Waals surface area contributed by atoms with E-state index in [1.165, 1.54) is 11.1 Å². The fourth-order valence-electron chi connectivity index (χ4n) is 2.60. The summed E-state index contributed by atoms with van der Waals surface area (Å²) < 4.78 is 5.77. The maximum absolute atomic E-state index is 11.4. The van der Waals surface area contributed by atoms with Crippen molar-refractivity contribution in [1.29, 1.82) is 0 Å². The molecule has 1 amide bonds. The van der Waals surface area contributed by atoms with Gasteiger partial charge in [-0.15, -0.1) is 0 Å². The normalized spacial score (nSPS) is 17.1. The first-order valence-electron chi connectivity index (χ1n) is 6.94. The minimum Gasteiger partial charge on any atom is -0.493 e. The number of nitrogens with one attached hydrogen (secondary N) is 2. The molecule has 0 heterocycles. The highest BCUT2D eigenvalue weighted by molar-refractivity contribution is 5.75. The van der Waals surface area contributed by atoms with E-state index in [0.29, 0.717) is 25.6 Å². The van der Waals surface area contributed by atoms with E-state index in [1.54, 1.807) is 0 Å². The molecule has 1 aliphatic rings. The molecule has 4 heteroatoms. The van der Waals surface area contributed by atoms with Crippen LogP contribution in [0, 0.1) is 0 Å². The maximum atomic E-state index is 11.4. The molecule has 4 nitrogen and oxygen atoms in total. The van der Waals surface area contributed by atoms with Crippen molar-refractivity contribution in [3.05, 3.63) is 29.3 Å². The van der Waals surface area contributed by atoms with Gasteiger partial charge in [-0.25, -0.2) is 0 Å². The van der Waals surface area contributed by atoms with Crippen LogP contribution < -0.4 is 15.4 Å². The molecule has 1 aromatic rings. The summed E-state index contributed by atoms with van der Waals surface area (Å²) in [7, 11) is 1.99. The molecule has 0 fully saturated rings. The quantitative estimate of drug-likeness (QED) is 0.822. The zero-order valence-electron chi connectivity index (χ0n) is 11.7. The monoisotopic (exact) mass is 262 g/mol. The number of carbonyl (C=O) groups is 1. The molecule has 1 aromatic carbocycles. The van der Waals surface area contributed by atoms with Crippen LogP contribution in [0.5, 0.6) is 5.75 Å². The fraction of sp³-hybridized carbons (Fsp3) is 0.533. The molecule has 2 N–H and O–H groups in total. The molecular weight excluding hydrogens is 240 g/mol. The van der Waals surface area contributed by atoms with E-state index in [9.17, 15) is 4.79 Å². The lowest BCUT2D eigenvalue weighted by Crippen LogP contribution is -2.24. The number of amides is 1. The van der Waals surface area contributed by atoms with Gasteiger partial charge in [-0.05, 0) is 44.0 Å². The molecule has 0 spiro atoms. The molecule has 0 saturated carbocycles. The fourth-order valence-corrected chi connectivity index (χ4v) is 2.60. The number of rotatable bonds is 6. The van der Waals surface area contributed by atoms with Crippen LogP contribution >= 0.6 is 0 Å². The van der Waals surface area contributed by atoms with Crippen molar-refractivity contribution in [2.45, 2.75) is 32.2 Å². The van der Waals surface area contributed by atoms with E-state index in [-0.39, 0.29) is 5.91 Å². The predicted molar refractivity (Wildman–Crippen MR) is 75.4 cm³/mol. The molecule has 104 valence electrons. The minimum absolute atomic E-state index is 0.0446. The Morgan fingerprint density at radius 2 is 2.32 bits per heavy atom. The standard InChI is InChI=1S/C15H22N2O2/c1-3-17-15(18)9-10-19-14-6-4-5-11-12(14)7-8-13(11)16-2/h4-6,13,16H,3,7-10H2,1-2H3,(H,17,18). The van der Waals surface area contributed by atoms with Crippen molar-refractivity contribution in [2.24, 2.45) is 0 Å². The maximum Gasteiger partial charge on any atom is 0.223 e. The summed E-state index contributed by atoms with van der Waals surface area (Å²) in [6, 6.07) is 6.60. The molecule has 0 radical (unpaired) electrons. The van der Waals surface area contributed by atoms with Gasteiger partial charge in [0, 0.05) is 12.6 Å². The van der Waals surface area contributed by atoms with Gasteiger partial charge in [0.05, 0.1) is 13.0 Å². The summed E-state index contributed by atoms with van der Waals surface area (Å²) in [5, 5.41) is 6.09. The highest BCUT2D eigenvalue weighted by Gasteiger charge is 2.23. The van der Waals surface area contributed by atoms with Gasteiger partial charge in [0.1, 0.15) is 5.75 Å². The largest absolute Gasteiger partial charge is 0.493 e.